The van der Waals surface area contributed by atoms with E-state index < -0.39 is 0 Å². The number of hydrogen-bond acceptors (Lipinski definition) is 5. The quantitative estimate of drug-likeness (QED) is 0.838. The highest BCUT2D eigenvalue weighted by Crippen LogP contribution is 2.50. The molecular formula is C21H33N5. The van der Waals surface area contributed by atoms with Gasteiger partial charge in [0.2, 0.25) is 5.95 Å². The Balaban J connectivity index is 1.58. The minimum atomic E-state index is 0.304. The van der Waals surface area contributed by atoms with Crippen LogP contribution in [-0.2, 0) is 11.8 Å². The molecule has 1 spiro atoms. The maximum absolute atomic E-state index is 6.28. The molecule has 3 heterocycles. The maximum Gasteiger partial charge on any atom is 0.222 e. The number of rotatable bonds is 1. The Labute approximate surface area is 157 Å². The van der Waals surface area contributed by atoms with Gasteiger partial charge in [-0.2, -0.15) is 4.98 Å². The third kappa shape index (κ3) is 2.54. The van der Waals surface area contributed by atoms with E-state index in [2.05, 4.69) is 16.8 Å². The molecule has 5 rings (SSSR count). The normalized spacial score (nSPS) is 31.0. The lowest BCUT2D eigenvalue weighted by atomic mass is 9.71. The van der Waals surface area contributed by atoms with Gasteiger partial charge in [-0.3, -0.25) is 0 Å². The fraction of sp³-hybridized carbons (Fsp3) is 0.810. The average molecular weight is 356 g/mol. The number of hydrogen-bond donors (Lipinski definition) is 1. The summed E-state index contributed by atoms with van der Waals surface area (Å²) in [5.74, 6) is 1.70. The highest BCUT2D eigenvalue weighted by atomic mass is 15.3. The molecule has 3 fully saturated rings. The molecule has 2 N–H and O–H groups in total. The van der Waals surface area contributed by atoms with E-state index in [-0.39, 0.29) is 0 Å². The lowest BCUT2D eigenvalue weighted by Crippen LogP contribution is -2.58. The molecule has 5 heteroatoms. The molecule has 5 nitrogen and oxygen atoms in total. The van der Waals surface area contributed by atoms with Gasteiger partial charge in [-0.1, -0.05) is 12.8 Å². The van der Waals surface area contributed by atoms with Gasteiger partial charge in [0.25, 0.3) is 0 Å². The molecule has 1 aromatic rings. The summed E-state index contributed by atoms with van der Waals surface area (Å²) in [4.78, 5) is 14.9. The van der Waals surface area contributed by atoms with Gasteiger partial charge in [-0.15, -0.1) is 0 Å². The first-order valence-corrected chi connectivity index (χ1v) is 10.8. The second-order valence-corrected chi connectivity index (χ2v) is 9.17. The number of likely N-dealkylation sites (tertiary alicyclic amines) is 1. The smallest absolute Gasteiger partial charge is 0.222 e. The Morgan fingerprint density at radius 2 is 1.65 bits per heavy atom. The van der Waals surface area contributed by atoms with Crippen molar-refractivity contribution >= 4 is 11.8 Å². The molecule has 2 aliphatic carbocycles. The summed E-state index contributed by atoms with van der Waals surface area (Å²) in [6.07, 6.45) is 14.2. The zero-order chi connectivity index (χ0) is 17.7. The summed E-state index contributed by atoms with van der Waals surface area (Å²) in [5, 5.41) is 0. The topological polar surface area (TPSA) is 58.3 Å². The van der Waals surface area contributed by atoms with Crippen molar-refractivity contribution in [1.29, 1.82) is 0 Å². The molecule has 4 aliphatic rings. The van der Waals surface area contributed by atoms with E-state index >= 15 is 0 Å². The van der Waals surface area contributed by atoms with Crippen molar-refractivity contribution in [2.45, 2.75) is 88.1 Å². The van der Waals surface area contributed by atoms with Gasteiger partial charge in [0.1, 0.15) is 5.82 Å². The Morgan fingerprint density at radius 3 is 2.50 bits per heavy atom. The summed E-state index contributed by atoms with van der Waals surface area (Å²) in [6, 6.07) is 1.27. The van der Waals surface area contributed by atoms with Gasteiger partial charge in [-0.25, -0.2) is 4.98 Å². The largest absolute Gasteiger partial charge is 0.368 e. The van der Waals surface area contributed by atoms with Crippen LogP contribution < -0.4 is 10.6 Å². The van der Waals surface area contributed by atoms with Crippen molar-refractivity contribution < 1.29 is 0 Å². The van der Waals surface area contributed by atoms with E-state index in [0.717, 1.165) is 13.0 Å². The number of nitrogens with two attached hydrogens (primary N) is 1. The number of aromatic nitrogens is 2. The number of likely N-dealkylation sites (N-methyl/N-ethyl adjacent to an activating group) is 1. The van der Waals surface area contributed by atoms with Gasteiger partial charge in [-0.05, 0) is 71.4 Å². The lowest BCUT2D eigenvalue weighted by molar-refractivity contribution is 0.130. The molecule has 1 saturated carbocycles. The number of fused-ring (bicyclic) bond motifs is 3. The van der Waals surface area contributed by atoms with Crippen molar-refractivity contribution in [3.8, 4) is 0 Å². The molecule has 0 aromatic carbocycles. The third-order valence-corrected chi connectivity index (χ3v) is 7.74. The summed E-state index contributed by atoms with van der Waals surface area (Å²) in [6.45, 7) is 2.37. The van der Waals surface area contributed by atoms with E-state index in [0.29, 0.717) is 23.4 Å². The minimum Gasteiger partial charge on any atom is -0.368 e. The third-order valence-electron chi connectivity index (χ3n) is 7.74. The summed E-state index contributed by atoms with van der Waals surface area (Å²) < 4.78 is 0. The van der Waals surface area contributed by atoms with E-state index in [1.807, 2.05) is 0 Å². The van der Waals surface area contributed by atoms with Gasteiger partial charge in [0.15, 0.2) is 0 Å². The molecule has 0 amide bonds. The SMILES string of the molecule is CN1CCC[C@@H]2[C@H]1CCCN2c1nc(N)nc2c1CCCC21CCCC1. The van der Waals surface area contributed by atoms with Crippen molar-refractivity contribution in [3.63, 3.8) is 0 Å². The van der Waals surface area contributed by atoms with Crippen LogP contribution in [0.2, 0.25) is 0 Å². The van der Waals surface area contributed by atoms with Crippen LogP contribution in [0.4, 0.5) is 11.8 Å². The number of anilines is 2. The highest BCUT2D eigenvalue weighted by molar-refractivity contribution is 5.56. The zero-order valence-corrected chi connectivity index (χ0v) is 16.2. The van der Waals surface area contributed by atoms with Crippen LogP contribution in [0.1, 0.15) is 75.5 Å². The van der Waals surface area contributed by atoms with E-state index in [4.69, 9.17) is 15.7 Å². The Hall–Kier alpha value is -1.36. The first-order valence-electron chi connectivity index (χ1n) is 10.8. The highest BCUT2D eigenvalue weighted by Gasteiger charge is 2.44. The number of nitrogen functional groups attached to an aromatic ring is 1. The van der Waals surface area contributed by atoms with Crippen LogP contribution in [-0.4, -0.2) is 47.1 Å². The van der Waals surface area contributed by atoms with Crippen LogP contribution in [0.25, 0.3) is 0 Å². The Bertz CT molecular complexity index is 681. The summed E-state index contributed by atoms with van der Waals surface area (Å²) in [7, 11) is 2.30. The molecule has 2 aliphatic heterocycles. The van der Waals surface area contributed by atoms with Gasteiger partial charge in [0, 0.05) is 29.6 Å². The van der Waals surface area contributed by atoms with E-state index in [1.165, 1.54) is 87.8 Å². The second-order valence-electron chi connectivity index (χ2n) is 9.17. The van der Waals surface area contributed by atoms with Crippen molar-refractivity contribution in [1.82, 2.24) is 14.9 Å². The molecule has 142 valence electrons. The molecule has 0 bridgehead atoms. The molecule has 2 atom stereocenters. The molecule has 2 saturated heterocycles. The van der Waals surface area contributed by atoms with Crippen LogP contribution in [0.15, 0.2) is 0 Å². The Morgan fingerprint density at radius 1 is 0.923 bits per heavy atom. The van der Waals surface area contributed by atoms with Crippen LogP contribution in [0, 0.1) is 0 Å². The van der Waals surface area contributed by atoms with Crippen LogP contribution >= 0.6 is 0 Å². The number of piperidine rings is 2. The van der Waals surface area contributed by atoms with Crippen molar-refractivity contribution in [2.75, 3.05) is 30.8 Å². The molecule has 1 aromatic heterocycles. The summed E-state index contributed by atoms with van der Waals surface area (Å²) in [5.41, 5.74) is 9.35. The predicted molar refractivity (Wildman–Crippen MR) is 106 cm³/mol. The number of nitrogens with zero attached hydrogens (tertiary/aromatic N) is 4. The standard InChI is InChI=1S/C21H33N5/c1-25-13-5-9-17-16(25)8-6-14-26(17)19-15-7-4-12-21(10-2-3-11-21)18(15)23-20(22)24-19/h16-17H,2-14H2,1H3,(H2,22,23,24)/t16-,17-/m1/s1. The Kier molecular flexibility index (Phi) is 4.11. The van der Waals surface area contributed by atoms with Gasteiger partial charge in [0.05, 0.1) is 5.69 Å². The van der Waals surface area contributed by atoms with E-state index in [9.17, 15) is 0 Å². The van der Waals surface area contributed by atoms with Crippen molar-refractivity contribution in [2.24, 2.45) is 0 Å². The molecule has 26 heavy (non-hydrogen) atoms. The van der Waals surface area contributed by atoms with Crippen molar-refractivity contribution in [3.05, 3.63) is 11.3 Å². The molecule has 0 radical (unpaired) electrons. The van der Waals surface area contributed by atoms with Gasteiger partial charge >= 0.3 is 0 Å². The second kappa shape index (κ2) is 6.36. The van der Waals surface area contributed by atoms with Crippen LogP contribution in [0.5, 0.6) is 0 Å². The summed E-state index contributed by atoms with van der Waals surface area (Å²) >= 11 is 0. The molecular weight excluding hydrogens is 322 g/mol. The fourth-order valence-electron chi connectivity index (χ4n) is 6.53. The van der Waals surface area contributed by atoms with Gasteiger partial charge < -0.3 is 15.5 Å². The molecule has 0 unspecified atom stereocenters. The first kappa shape index (κ1) is 16.8. The fourth-order valence-corrected chi connectivity index (χ4v) is 6.53. The zero-order valence-electron chi connectivity index (χ0n) is 16.2. The monoisotopic (exact) mass is 355 g/mol. The lowest BCUT2D eigenvalue weighted by Gasteiger charge is -2.49. The first-order chi connectivity index (χ1) is 12.7. The minimum absolute atomic E-state index is 0.304. The van der Waals surface area contributed by atoms with E-state index in [1.54, 1.807) is 0 Å². The predicted octanol–water partition coefficient (Wildman–Crippen LogP) is 3.27. The van der Waals surface area contributed by atoms with Crippen LogP contribution in [0.3, 0.4) is 0 Å². The average Bonchev–Trinajstić information content (AvgIpc) is 3.11. The maximum atomic E-state index is 6.28.